The first kappa shape index (κ1) is 17.9. The average molecular weight is 386 g/mol. The summed E-state index contributed by atoms with van der Waals surface area (Å²) in [5.74, 6) is -0.457. The number of hydrogen-bond donors (Lipinski definition) is 1. The lowest BCUT2D eigenvalue weighted by Gasteiger charge is -2.29. The van der Waals surface area contributed by atoms with Gasteiger partial charge in [-0.25, -0.2) is 12.8 Å². The van der Waals surface area contributed by atoms with Gasteiger partial charge in [0, 0.05) is 24.2 Å². The summed E-state index contributed by atoms with van der Waals surface area (Å²) < 4.78 is 40.8. The molecule has 140 valence electrons. The van der Waals surface area contributed by atoms with Crippen molar-refractivity contribution < 1.29 is 12.8 Å². The number of pyridine rings is 1. The van der Waals surface area contributed by atoms with Crippen molar-refractivity contribution in [2.24, 2.45) is 0 Å². The number of nitrogens with zero attached hydrogens (tertiary/aromatic N) is 1. The first-order valence-corrected chi connectivity index (χ1v) is 10.1. The van der Waals surface area contributed by atoms with Gasteiger partial charge in [0.15, 0.2) is 0 Å². The molecule has 0 amide bonds. The summed E-state index contributed by atoms with van der Waals surface area (Å²) in [7, 11) is -3.73. The molecule has 0 radical (unpaired) electrons. The van der Waals surface area contributed by atoms with Crippen LogP contribution in [0.4, 0.5) is 4.39 Å². The lowest BCUT2D eigenvalue weighted by atomic mass is 9.98. The number of aromatic nitrogens is 1. The summed E-state index contributed by atoms with van der Waals surface area (Å²) in [4.78, 5) is 14.8. The smallest absolute Gasteiger partial charge is 0.251 e. The van der Waals surface area contributed by atoms with Crippen molar-refractivity contribution in [3.05, 3.63) is 74.8 Å². The van der Waals surface area contributed by atoms with Crippen molar-refractivity contribution in [2.45, 2.75) is 31.7 Å². The van der Waals surface area contributed by atoms with Crippen LogP contribution in [-0.4, -0.2) is 24.3 Å². The van der Waals surface area contributed by atoms with Gasteiger partial charge in [-0.3, -0.25) is 4.79 Å². The molecule has 2 aromatic carbocycles. The fourth-order valence-corrected chi connectivity index (χ4v) is 5.22. The summed E-state index contributed by atoms with van der Waals surface area (Å²) in [6.45, 7) is 3.94. The van der Waals surface area contributed by atoms with Crippen LogP contribution in [-0.2, 0) is 23.0 Å². The standard InChI is InChI=1S/C20H19FN2O3S/c1-12-8-17(21)3-4-19(12)27(25,26)23-6-5-14-9-15-7-13(2)20(24)22-18(15)10-16(14)11-23/h3-4,7-10H,5-6,11H2,1-2H3,(H,22,24). The molecule has 0 unspecified atom stereocenters. The van der Waals surface area contributed by atoms with Crippen LogP contribution in [0.3, 0.4) is 0 Å². The van der Waals surface area contributed by atoms with Gasteiger partial charge in [0.1, 0.15) is 5.82 Å². The first-order valence-electron chi connectivity index (χ1n) is 8.67. The van der Waals surface area contributed by atoms with Crippen LogP contribution in [0.25, 0.3) is 10.9 Å². The number of halogens is 1. The summed E-state index contributed by atoms with van der Waals surface area (Å²) in [5.41, 5.74) is 3.53. The van der Waals surface area contributed by atoms with E-state index in [4.69, 9.17) is 0 Å². The van der Waals surface area contributed by atoms with Crippen LogP contribution < -0.4 is 5.56 Å². The molecular weight excluding hydrogens is 367 g/mol. The van der Waals surface area contributed by atoms with E-state index in [0.717, 1.165) is 16.5 Å². The number of aryl methyl sites for hydroxylation is 2. The number of nitrogens with one attached hydrogen (secondary N) is 1. The Morgan fingerprint density at radius 1 is 1.04 bits per heavy atom. The van der Waals surface area contributed by atoms with E-state index in [-0.39, 0.29) is 17.0 Å². The van der Waals surface area contributed by atoms with Gasteiger partial charge in [0.05, 0.1) is 4.90 Å². The molecule has 1 aliphatic rings. The molecule has 0 fully saturated rings. The molecule has 0 atom stereocenters. The Morgan fingerprint density at radius 3 is 2.56 bits per heavy atom. The minimum atomic E-state index is -3.73. The Hall–Kier alpha value is -2.51. The number of aromatic amines is 1. The second-order valence-electron chi connectivity index (χ2n) is 6.99. The van der Waals surface area contributed by atoms with Crippen LogP contribution >= 0.6 is 0 Å². The van der Waals surface area contributed by atoms with E-state index in [0.29, 0.717) is 29.6 Å². The average Bonchev–Trinajstić information content (AvgIpc) is 2.60. The maximum Gasteiger partial charge on any atom is 0.251 e. The maximum atomic E-state index is 13.3. The van der Waals surface area contributed by atoms with Gasteiger partial charge < -0.3 is 4.98 Å². The van der Waals surface area contributed by atoms with Crippen molar-refractivity contribution in [3.8, 4) is 0 Å². The van der Waals surface area contributed by atoms with Crippen LogP contribution in [0, 0.1) is 19.7 Å². The van der Waals surface area contributed by atoms with E-state index in [9.17, 15) is 17.6 Å². The highest BCUT2D eigenvalue weighted by Crippen LogP contribution is 2.29. The van der Waals surface area contributed by atoms with Gasteiger partial charge in [0.2, 0.25) is 10.0 Å². The number of benzene rings is 2. The van der Waals surface area contributed by atoms with Gasteiger partial charge >= 0.3 is 0 Å². The van der Waals surface area contributed by atoms with Crippen LogP contribution in [0.1, 0.15) is 22.3 Å². The molecule has 3 aromatic rings. The molecule has 1 N–H and O–H groups in total. The molecule has 7 heteroatoms. The molecule has 2 heterocycles. The number of sulfonamides is 1. The van der Waals surface area contributed by atoms with E-state index in [1.165, 1.54) is 22.5 Å². The fraction of sp³-hybridized carbons (Fsp3) is 0.250. The zero-order valence-electron chi connectivity index (χ0n) is 15.0. The van der Waals surface area contributed by atoms with Crippen molar-refractivity contribution in [1.82, 2.24) is 9.29 Å². The zero-order chi connectivity index (χ0) is 19.3. The van der Waals surface area contributed by atoms with Crippen molar-refractivity contribution in [1.29, 1.82) is 0 Å². The number of hydrogen-bond acceptors (Lipinski definition) is 3. The molecule has 1 aliphatic heterocycles. The minimum absolute atomic E-state index is 0.122. The maximum absolute atomic E-state index is 13.3. The summed E-state index contributed by atoms with van der Waals surface area (Å²) in [6.07, 6.45) is 0.586. The Bertz CT molecular complexity index is 1230. The van der Waals surface area contributed by atoms with E-state index in [2.05, 4.69) is 4.98 Å². The second kappa shape index (κ2) is 6.28. The molecule has 0 saturated carbocycles. The Morgan fingerprint density at radius 2 is 1.81 bits per heavy atom. The Labute approximate surface area is 156 Å². The topological polar surface area (TPSA) is 70.2 Å². The number of fused-ring (bicyclic) bond motifs is 2. The van der Waals surface area contributed by atoms with Crippen molar-refractivity contribution in [2.75, 3.05) is 6.54 Å². The van der Waals surface area contributed by atoms with E-state index >= 15 is 0 Å². The molecule has 27 heavy (non-hydrogen) atoms. The Kier molecular flexibility index (Phi) is 4.16. The summed E-state index contributed by atoms with van der Waals surface area (Å²) >= 11 is 0. The van der Waals surface area contributed by atoms with Gasteiger partial charge in [-0.2, -0.15) is 4.31 Å². The predicted molar refractivity (Wildman–Crippen MR) is 102 cm³/mol. The molecule has 0 bridgehead atoms. The normalized spacial score (nSPS) is 15.1. The highest BCUT2D eigenvalue weighted by Gasteiger charge is 2.29. The number of rotatable bonds is 2. The SMILES string of the molecule is Cc1cc(F)ccc1S(=O)(=O)N1CCc2cc3cc(C)c(=O)[nH]c3cc2C1. The first-order chi connectivity index (χ1) is 12.8. The molecular formula is C20H19FN2O3S. The third-order valence-electron chi connectivity index (χ3n) is 5.08. The van der Waals surface area contributed by atoms with Crippen LogP contribution in [0.15, 0.2) is 46.1 Å². The second-order valence-corrected chi connectivity index (χ2v) is 8.89. The lowest BCUT2D eigenvalue weighted by Crippen LogP contribution is -2.36. The van der Waals surface area contributed by atoms with Crippen LogP contribution in [0.5, 0.6) is 0 Å². The van der Waals surface area contributed by atoms with Gasteiger partial charge in [-0.1, -0.05) is 0 Å². The molecule has 0 aliphatic carbocycles. The summed E-state index contributed by atoms with van der Waals surface area (Å²) in [6, 6.07) is 9.42. The third-order valence-corrected chi connectivity index (χ3v) is 7.09. The van der Waals surface area contributed by atoms with E-state index in [1.807, 2.05) is 18.2 Å². The predicted octanol–water partition coefficient (Wildman–Crippen LogP) is 3.03. The highest BCUT2D eigenvalue weighted by molar-refractivity contribution is 7.89. The fourth-order valence-electron chi connectivity index (χ4n) is 3.60. The molecule has 0 spiro atoms. The van der Waals surface area contributed by atoms with Crippen LogP contribution in [0.2, 0.25) is 0 Å². The minimum Gasteiger partial charge on any atom is -0.322 e. The van der Waals surface area contributed by atoms with Gasteiger partial charge in [-0.15, -0.1) is 0 Å². The quantitative estimate of drug-likeness (QED) is 0.736. The molecule has 5 nitrogen and oxygen atoms in total. The van der Waals surface area contributed by atoms with E-state index < -0.39 is 15.8 Å². The lowest BCUT2D eigenvalue weighted by molar-refractivity contribution is 0.391. The highest BCUT2D eigenvalue weighted by atomic mass is 32.2. The number of H-pyrrole nitrogens is 1. The van der Waals surface area contributed by atoms with Crippen molar-refractivity contribution in [3.63, 3.8) is 0 Å². The summed E-state index contributed by atoms with van der Waals surface area (Å²) in [5, 5.41) is 0.941. The van der Waals surface area contributed by atoms with Gasteiger partial charge in [0.25, 0.3) is 5.56 Å². The molecule has 4 rings (SSSR count). The monoisotopic (exact) mass is 386 g/mol. The largest absolute Gasteiger partial charge is 0.322 e. The van der Waals surface area contributed by atoms with Gasteiger partial charge in [-0.05, 0) is 78.7 Å². The molecule has 1 aromatic heterocycles. The third kappa shape index (κ3) is 3.07. The van der Waals surface area contributed by atoms with Crippen molar-refractivity contribution >= 4 is 20.9 Å². The zero-order valence-corrected chi connectivity index (χ0v) is 15.9. The van der Waals surface area contributed by atoms with E-state index in [1.54, 1.807) is 13.8 Å². The molecule has 0 saturated heterocycles. The Balaban J connectivity index is 1.74.